The molecule has 0 spiro atoms. The van der Waals surface area contributed by atoms with Crippen LogP contribution in [0.2, 0.25) is 0 Å². The predicted octanol–water partition coefficient (Wildman–Crippen LogP) is 3.54. The molecule has 138 valence electrons. The maximum absolute atomic E-state index is 13.6. The number of para-hydroxylation sites is 1. The quantitative estimate of drug-likeness (QED) is 0.743. The fraction of sp³-hybridized carbons (Fsp3) is 0.350. The average molecular weight is 358 g/mol. The third kappa shape index (κ3) is 4.95. The minimum atomic E-state index is -0.433. The Balaban J connectivity index is 1.59. The molecule has 1 aliphatic heterocycles. The van der Waals surface area contributed by atoms with Crippen LogP contribution in [-0.4, -0.2) is 25.2 Å². The minimum absolute atomic E-state index is 0.0460. The topological polar surface area (TPSA) is 73.6 Å². The van der Waals surface area contributed by atoms with E-state index in [0.29, 0.717) is 30.2 Å². The summed E-state index contributed by atoms with van der Waals surface area (Å²) in [5, 5.41) is 2.73. The molecule has 3 rings (SSSR count). The van der Waals surface area contributed by atoms with E-state index < -0.39 is 5.82 Å². The molecule has 1 unspecified atom stereocenters. The van der Waals surface area contributed by atoms with Gasteiger partial charge in [0.2, 0.25) is 5.91 Å². The molecule has 2 aromatic rings. The first-order valence-electron chi connectivity index (χ1n) is 8.79. The van der Waals surface area contributed by atoms with Crippen molar-refractivity contribution in [2.45, 2.75) is 31.8 Å². The molecule has 1 aliphatic rings. The van der Waals surface area contributed by atoms with Gasteiger partial charge in [-0.15, -0.1) is 0 Å². The molecule has 6 heteroatoms. The zero-order chi connectivity index (χ0) is 18.4. The summed E-state index contributed by atoms with van der Waals surface area (Å²) in [5.74, 6) is -0.215. The van der Waals surface area contributed by atoms with Crippen molar-refractivity contribution in [2.24, 2.45) is 0 Å². The zero-order valence-corrected chi connectivity index (χ0v) is 14.5. The highest BCUT2D eigenvalue weighted by atomic mass is 19.1. The number of hydrogen-bond donors (Lipinski definition) is 2. The molecule has 1 heterocycles. The van der Waals surface area contributed by atoms with Crippen LogP contribution in [-0.2, 0) is 16.0 Å². The SMILES string of the molecule is Nc1ccccc1CCC(=O)Nc1cc(F)ccc1OCC1CCCO1. The van der Waals surface area contributed by atoms with Crippen LogP contribution in [0.25, 0.3) is 0 Å². The second-order valence-electron chi connectivity index (χ2n) is 6.33. The number of aryl methyl sites for hydroxylation is 1. The average Bonchev–Trinajstić information content (AvgIpc) is 3.14. The number of rotatable bonds is 7. The number of carbonyl (C=O) groups excluding carboxylic acids is 1. The van der Waals surface area contributed by atoms with Gasteiger partial charge in [0.05, 0.1) is 11.8 Å². The smallest absolute Gasteiger partial charge is 0.224 e. The Morgan fingerprint density at radius 3 is 2.92 bits per heavy atom. The lowest BCUT2D eigenvalue weighted by atomic mass is 10.1. The van der Waals surface area contributed by atoms with E-state index in [0.717, 1.165) is 25.0 Å². The Bertz CT molecular complexity index is 760. The van der Waals surface area contributed by atoms with Crippen LogP contribution in [0.5, 0.6) is 5.75 Å². The summed E-state index contributed by atoms with van der Waals surface area (Å²) >= 11 is 0. The number of nitrogens with one attached hydrogen (secondary N) is 1. The summed E-state index contributed by atoms with van der Waals surface area (Å²) in [5.41, 5.74) is 7.79. The predicted molar refractivity (Wildman–Crippen MR) is 98.7 cm³/mol. The van der Waals surface area contributed by atoms with Crippen molar-refractivity contribution in [3.63, 3.8) is 0 Å². The van der Waals surface area contributed by atoms with Gasteiger partial charge in [-0.3, -0.25) is 4.79 Å². The number of amides is 1. The molecular weight excluding hydrogens is 335 g/mol. The highest BCUT2D eigenvalue weighted by Gasteiger charge is 2.17. The molecule has 1 atom stereocenters. The lowest BCUT2D eigenvalue weighted by molar-refractivity contribution is -0.116. The van der Waals surface area contributed by atoms with Crippen molar-refractivity contribution in [1.82, 2.24) is 0 Å². The maximum Gasteiger partial charge on any atom is 0.224 e. The first-order chi connectivity index (χ1) is 12.6. The van der Waals surface area contributed by atoms with Crippen LogP contribution in [0, 0.1) is 5.82 Å². The standard InChI is InChI=1S/C20H23FN2O3/c21-15-8-9-19(26-13-16-5-3-11-25-16)18(12-15)23-20(24)10-7-14-4-1-2-6-17(14)22/h1-2,4,6,8-9,12,16H,3,5,7,10-11,13,22H2,(H,23,24). The summed E-state index contributed by atoms with van der Waals surface area (Å²) < 4.78 is 24.8. The fourth-order valence-electron chi connectivity index (χ4n) is 2.91. The second kappa shape index (κ2) is 8.67. The van der Waals surface area contributed by atoms with E-state index in [1.807, 2.05) is 18.2 Å². The molecule has 26 heavy (non-hydrogen) atoms. The van der Waals surface area contributed by atoms with Crippen LogP contribution in [0.1, 0.15) is 24.8 Å². The van der Waals surface area contributed by atoms with Gasteiger partial charge in [-0.25, -0.2) is 4.39 Å². The first kappa shape index (κ1) is 18.2. The van der Waals surface area contributed by atoms with Gasteiger partial charge in [0.1, 0.15) is 18.2 Å². The Morgan fingerprint density at radius 1 is 1.31 bits per heavy atom. The Labute approximate surface area is 152 Å². The Hall–Kier alpha value is -2.60. The Kier molecular flexibility index (Phi) is 6.07. The molecule has 1 saturated heterocycles. The lowest BCUT2D eigenvalue weighted by Gasteiger charge is -2.15. The molecular formula is C20H23FN2O3. The van der Waals surface area contributed by atoms with Crippen LogP contribution in [0.4, 0.5) is 15.8 Å². The van der Waals surface area contributed by atoms with Crippen LogP contribution in [0.3, 0.4) is 0 Å². The van der Waals surface area contributed by atoms with E-state index in [1.165, 1.54) is 18.2 Å². The number of carbonyl (C=O) groups is 1. The minimum Gasteiger partial charge on any atom is -0.489 e. The molecule has 0 aromatic heterocycles. The van der Waals surface area contributed by atoms with Crippen molar-refractivity contribution >= 4 is 17.3 Å². The van der Waals surface area contributed by atoms with E-state index >= 15 is 0 Å². The molecule has 0 aliphatic carbocycles. The lowest BCUT2D eigenvalue weighted by Crippen LogP contribution is -2.18. The summed E-state index contributed by atoms with van der Waals surface area (Å²) in [7, 11) is 0. The van der Waals surface area contributed by atoms with Crippen molar-refractivity contribution < 1.29 is 18.7 Å². The van der Waals surface area contributed by atoms with Crippen molar-refractivity contribution in [3.05, 3.63) is 53.8 Å². The summed E-state index contributed by atoms with van der Waals surface area (Å²) in [6, 6.07) is 11.5. The molecule has 1 fully saturated rings. The van der Waals surface area contributed by atoms with E-state index in [1.54, 1.807) is 6.07 Å². The third-order valence-corrected chi connectivity index (χ3v) is 4.34. The van der Waals surface area contributed by atoms with Gasteiger partial charge >= 0.3 is 0 Å². The number of benzene rings is 2. The summed E-state index contributed by atoms with van der Waals surface area (Å²) in [6.45, 7) is 1.12. The van der Waals surface area contributed by atoms with E-state index in [-0.39, 0.29) is 18.4 Å². The van der Waals surface area contributed by atoms with Gasteiger partial charge in [-0.05, 0) is 43.0 Å². The number of hydrogen-bond acceptors (Lipinski definition) is 4. The largest absolute Gasteiger partial charge is 0.489 e. The first-order valence-corrected chi connectivity index (χ1v) is 8.79. The number of halogens is 1. The maximum atomic E-state index is 13.6. The van der Waals surface area contributed by atoms with Gasteiger partial charge in [0.15, 0.2) is 0 Å². The van der Waals surface area contributed by atoms with Crippen molar-refractivity contribution in [3.8, 4) is 5.75 Å². The third-order valence-electron chi connectivity index (χ3n) is 4.34. The van der Waals surface area contributed by atoms with E-state index in [4.69, 9.17) is 15.2 Å². The number of nitrogens with two attached hydrogens (primary N) is 1. The second-order valence-corrected chi connectivity index (χ2v) is 6.33. The van der Waals surface area contributed by atoms with Crippen LogP contribution >= 0.6 is 0 Å². The van der Waals surface area contributed by atoms with Gasteiger partial charge in [-0.1, -0.05) is 18.2 Å². The zero-order valence-electron chi connectivity index (χ0n) is 14.5. The van der Waals surface area contributed by atoms with E-state index in [9.17, 15) is 9.18 Å². The van der Waals surface area contributed by atoms with Gasteiger partial charge in [0.25, 0.3) is 0 Å². The molecule has 2 aromatic carbocycles. The van der Waals surface area contributed by atoms with Gasteiger partial charge < -0.3 is 20.5 Å². The monoisotopic (exact) mass is 358 g/mol. The number of nitrogen functional groups attached to an aromatic ring is 1. The van der Waals surface area contributed by atoms with E-state index in [2.05, 4.69) is 5.32 Å². The highest BCUT2D eigenvalue weighted by Crippen LogP contribution is 2.27. The van der Waals surface area contributed by atoms with Crippen molar-refractivity contribution in [2.75, 3.05) is 24.3 Å². The van der Waals surface area contributed by atoms with Crippen LogP contribution < -0.4 is 15.8 Å². The molecule has 0 bridgehead atoms. The molecule has 5 nitrogen and oxygen atoms in total. The number of anilines is 2. The summed E-state index contributed by atoms with van der Waals surface area (Å²) in [4.78, 5) is 12.3. The van der Waals surface area contributed by atoms with Gasteiger partial charge in [0, 0.05) is 24.8 Å². The van der Waals surface area contributed by atoms with Crippen molar-refractivity contribution in [1.29, 1.82) is 0 Å². The Morgan fingerprint density at radius 2 is 2.15 bits per heavy atom. The molecule has 0 radical (unpaired) electrons. The molecule has 3 N–H and O–H groups in total. The fourth-order valence-corrected chi connectivity index (χ4v) is 2.91. The normalized spacial score (nSPS) is 16.4. The molecule has 0 saturated carbocycles. The molecule has 1 amide bonds. The van der Waals surface area contributed by atoms with Gasteiger partial charge in [-0.2, -0.15) is 0 Å². The highest BCUT2D eigenvalue weighted by molar-refractivity contribution is 5.92. The summed E-state index contributed by atoms with van der Waals surface area (Å²) in [6.07, 6.45) is 2.77. The number of ether oxygens (including phenoxy) is 2. The van der Waals surface area contributed by atoms with Crippen LogP contribution in [0.15, 0.2) is 42.5 Å².